The Hall–Kier alpha value is -2.93. The third-order valence-electron chi connectivity index (χ3n) is 5.38. The Morgan fingerprint density at radius 1 is 1.14 bits per heavy atom. The number of hydrogen-bond donors (Lipinski definition) is 1. The lowest BCUT2D eigenvalue weighted by atomic mass is 9.95. The molecule has 1 aliphatic rings. The molecule has 1 amide bonds. The van der Waals surface area contributed by atoms with Crippen LogP contribution in [-0.4, -0.2) is 40.6 Å². The third-order valence-corrected chi connectivity index (χ3v) is 5.38. The molecule has 2 aromatic heterocycles. The number of nitrogens with one attached hydrogen (secondary N) is 1. The average Bonchev–Trinajstić information content (AvgIpc) is 3.50. The topological polar surface area (TPSA) is 84.4 Å². The largest absolute Gasteiger partial charge is 0.468 e. The number of likely N-dealkylation sites (tertiary alicyclic amines) is 1. The van der Waals surface area contributed by atoms with Gasteiger partial charge in [0.2, 0.25) is 17.7 Å². The number of benzene rings is 1. The van der Waals surface area contributed by atoms with Gasteiger partial charge in [-0.3, -0.25) is 9.69 Å². The first-order chi connectivity index (χ1) is 14.2. The molecule has 1 aromatic carbocycles. The average molecular weight is 394 g/mol. The lowest BCUT2D eigenvalue weighted by molar-refractivity contribution is -0.121. The number of furan rings is 1. The zero-order chi connectivity index (χ0) is 20.1. The van der Waals surface area contributed by atoms with E-state index in [1.54, 1.807) is 13.2 Å². The second-order valence-corrected chi connectivity index (χ2v) is 7.41. The lowest BCUT2D eigenvalue weighted by Crippen LogP contribution is -2.37. The van der Waals surface area contributed by atoms with Gasteiger partial charge in [-0.05, 0) is 43.6 Å². The molecule has 0 saturated carbocycles. The summed E-state index contributed by atoms with van der Waals surface area (Å²) in [6.07, 6.45) is 4.29. The van der Waals surface area contributed by atoms with Crippen molar-refractivity contribution in [3.8, 4) is 0 Å². The molecule has 2 atom stereocenters. The summed E-state index contributed by atoms with van der Waals surface area (Å²) in [5.74, 6) is 1.52. The van der Waals surface area contributed by atoms with Gasteiger partial charge < -0.3 is 14.2 Å². The molecule has 0 radical (unpaired) electrons. The van der Waals surface area contributed by atoms with E-state index in [0.29, 0.717) is 18.3 Å². The van der Waals surface area contributed by atoms with Crippen molar-refractivity contribution in [2.75, 3.05) is 19.6 Å². The first kappa shape index (κ1) is 19.4. The van der Waals surface area contributed by atoms with Crippen molar-refractivity contribution >= 4 is 5.91 Å². The second-order valence-electron chi connectivity index (χ2n) is 7.41. The number of hydrogen-bond acceptors (Lipinski definition) is 6. The van der Waals surface area contributed by atoms with Crippen molar-refractivity contribution in [2.24, 2.45) is 0 Å². The van der Waals surface area contributed by atoms with Crippen LogP contribution in [0.15, 0.2) is 57.6 Å². The number of nitrogens with zero attached hydrogens (tertiary/aromatic N) is 3. The highest BCUT2D eigenvalue weighted by Crippen LogP contribution is 2.28. The van der Waals surface area contributed by atoms with Gasteiger partial charge in [-0.25, -0.2) is 0 Å². The van der Waals surface area contributed by atoms with Crippen LogP contribution >= 0.6 is 0 Å². The monoisotopic (exact) mass is 394 g/mol. The molecule has 152 valence electrons. The number of carbonyl (C=O) groups excluding carboxylic acids is 1. The fourth-order valence-electron chi connectivity index (χ4n) is 3.90. The molecular weight excluding hydrogens is 368 g/mol. The summed E-state index contributed by atoms with van der Waals surface area (Å²) in [5, 5.41) is 11.2. The maximum absolute atomic E-state index is 12.8. The van der Waals surface area contributed by atoms with Crippen LogP contribution < -0.4 is 5.32 Å². The van der Waals surface area contributed by atoms with Crippen LogP contribution in [0.5, 0.6) is 0 Å². The maximum Gasteiger partial charge on any atom is 0.224 e. The quantitative estimate of drug-likeness (QED) is 0.630. The number of amides is 1. The van der Waals surface area contributed by atoms with E-state index >= 15 is 0 Å². The smallest absolute Gasteiger partial charge is 0.224 e. The van der Waals surface area contributed by atoms with E-state index in [-0.39, 0.29) is 24.3 Å². The summed E-state index contributed by atoms with van der Waals surface area (Å²) in [7, 11) is 0. The summed E-state index contributed by atoms with van der Waals surface area (Å²) in [6.45, 7) is 4.31. The van der Waals surface area contributed by atoms with Crippen molar-refractivity contribution in [3.63, 3.8) is 0 Å². The maximum atomic E-state index is 12.8. The predicted octanol–water partition coefficient (Wildman–Crippen LogP) is 3.45. The van der Waals surface area contributed by atoms with Crippen molar-refractivity contribution in [1.82, 2.24) is 20.4 Å². The van der Waals surface area contributed by atoms with Gasteiger partial charge in [-0.15, -0.1) is 10.2 Å². The molecule has 0 bridgehead atoms. The Bertz CT molecular complexity index is 901. The molecule has 1 aliphatic heterocycles. The third kappa shape index (κ3) is 4.74. The lowest BCUT2D eigenvalue weighted by Gasteiger charge is -2.26. The molecule has 7 nitrogen and oxygen atoms in total. The van der Waals surface area contributed by atoms with E-state index in [9.17, 15) is 4.79 Å². The van der Waals surface area contributed by atoms with Crippen LogP contribution in [0, 0.1) is 6.92 Å². The fourth-order valence-corrected chi connectivity index (χ4v) is 3.90. The minimum absolute atomic E-state index is 0.0505. The standard InChI is InChI=1S/C22H26N4O3/c1-16-24-25-22(29-16)18(17-8-3-2-4-9-17)14-21(27)23-15-19(20-10-7-13-28-20)26-11-5-6-12-26/h2-4,7-10,13,18-19H,5-6,11-12,14-15H2,1H3,(H,23,27). The van der Waals surface area contributed by atoms with E-state index in [1.807, 2.05) is 42.5 Å². The highest BCUT2D eigenvalue weighted by Gasteiger charge is 2.28. The first-order valence-electron chi connectivity index (χ1n) is 10.1. The van der Waals surface area contributed by atoms with Gasteiger partial charge in [-0.2, -0.15) is 0 Å². The Kier molecular flexibility index (Phi) is 6.05. The Labute approximate surface area is 170 Å². The summed E-state index contributed by atoms with van der Waals surface area (Å²) in [5.41, 5.74) is 0.980. The van der Waals surface area contributed by atoms with E-state index in [2.05, 4.69) is 20.4 Å². The van der Waals surface area contributed by atoms with Gasteiger partial charge in [-0.1, -0.05) is 30.3 Å². The molecule has 0 aliphatic carbocycles. The normalized spacial score (nSPS) is 16.6. The van der Waals surface area contributed by atoms with E-state index < -0.39 is 0 Å². The molecule has 1 saturated heterocycles. The van der Waals surface area contributed by atoms with Crippen LogP contribution in [0.25, 0.3) is 0 Å². The first-order valence-corrected chi connectivity index (χ1v) is 10.1. The minimum Gasteiger partial charge on any atom is -0.468 e. The molecule has 0 spiro atoms. The van der Waals surface area contributed by atoms with Crippen LogP contribution in [0.1, 0.15) is 54.3 Å². The minimum atomic E-state index is -0.272. The molecule has 3 heterocycles. The van der Waals surface area contributed by atoms with Gasteiger partial charge >= 0.3 is 0 Å². The summed E-state index contributed by atoms with van der Waals surface area (Å²) in [4.78, 5) is 15.2. The van der Waals surface area contributed by atoms with Crippen LogP contribution in [-0.2, 0) is 4.79 Å². The van der Waals surface area contributed by atoms with Gasteiger partial charge in [0.1, 0.15) is 5.76 Å². The Balaban J connectivity index is 1.45. The second kappa shape index (κ2) is 9.05. The Morgan fingerprint density at radius 2 is 1.93 bits per heavy atom. The highest BCUT2D eigenvalue weighted by molar-refractivity contribution is 5.77. The van der Waals surface area contributed by atoms with Gasteiger partial charge in [0, 0.05) is 19.9 Å². The van der Waals surface area contributed by atoms with E-state index in [1.165, 1.54) is 12.8 Å². The predicted molar refractivity (Wildman–Crippen MR) is 107 cm³/mol. The molecule has 3 aromatic rings. The van der Waals surface area contributed by atoms with Crippen LogP contribution in [0.4, 0.5) is 0 Å². The number of carbonyl (C=O) groups is 1. The molecule has 1 fully saturated rings. The number of rotatable bonds is 8. The van der Waals surface area contributed by atoms with Crippen molar-refractivity contribution in [2.45, 2.75) is 38.1 Å². The van der Waals surface area contributed by atoms with Crippen molar-refractivity contribution in [1.29, 1.82) is 0 Å². The van der Waals surface area contributed by atoms with E-state index in [4.69, 9.17) is 8.83 Å². The molecule has 2 unspecified atom stereocenters. The zero-order valence-corrected chi connectivity index (χ0v) is 16.6. The van der Waals surface area contributed by atoms with Crippen LogP contribution in [0.2, 0.25) is 0 Å². The highest BCUT2D eigenvalue weighted by atomic mass is 16.4. The Morgan fingerprint density at radius 3 is 2.59 bits per heavy atom. The summed E-state index contributed by atoms with van der Waals surface area (Å²) < 4.78 is 11.3. The summed E-state index contributed by atoms with van der Waals surface area (Å²) in [6, 6.07) is 13.7. The molecule has 1 N–H and O–H groups in total. The summed E-state index contributed by atoms with van der Waals surface area (Å²) >= 11 is 0. The van der Waals surface area contributed by atoms with Gasteiger partial charge in [0.05, 0.1) is 18.2 Å². The molecule has 29 heavy (non-hydrogen) atoms. The molecule has 7 heteroatoms. The molecule has 4 rings (SSSR count). The van der Waals surface area contributed by atoms with Crippen LogP contribution in [0.3, 0.4) is 0 Å². The zero-order valence-electron chi connectivity index (χ0n) is 16.6. The van der Waals surface area contributed by atoms with Crippen molar-refractivity contribution in [3.05, 3.63) is 71.8 Å². The van der Waals surface area contributed by atoms with E-state index in [0.717, 1.165) is 24.4 Å². The fraction of sp³-hybridized carbons (Fsp3) is 0.409. The molecular formula is C22H26N4O3. The van der Waals surface area contributed by atoms with Crippen molar-refractivity contribution < 1.29 is 13.6 Å². The number of aromatic nitrogens is 2. The number of aryl methyl sites for hydroxylation is 1. The van der Waals surface area contributed by atoms with Gasteiger partial charge in [0.15, 0.2) is 0 Å². The van der Waals surface area contributed by atoms with Gasteiger partial charge in [0.25, 0.3) is 0 Å². The SMILES string of the molecule is Cc1nnc(C(CC(=O)NCC(c2ccco2)N2CCCC2)c2ccccc2)o1.